The van der Waals surface area contributed by atoms with Gasteiger partial charge < -0.3 is 10.1 Å². The second-order valence-electron chi connectivity index (χ2n) is 7.40. The maximum atomic E-state index is 12.7. The molecule has 3 aromatic rings. The maximum absolute atomic E-state index is 12.7. The molecule has 1 amide bonds. The number of ether oxygens (including phenoxy) is 1. The molecule has 3 rings (SSSR count). The minimum atomic E-state index is -0.485. The van der Waals surface area contributed by atoms with Crippen LogP contribution in [0.2, 0.25) is 5.02 Å². The van der Waals surface area contributed by atoms with Crippen molar-refractivity contribution in [3.05, 3.63) is 99.1 Å². The van der Waals surface area contributed by atoms with Crippen LogP contribution in [-0.4, -0.2) is 5.91 Å². The molecule has 0 bridgehead atoms. The van der Waals surface area contributed by atoms with Gasteiger partial charge >= 0.3 is 0 Å². The Balaban J connectivity index is 1.85. The number of aryl methyl sites for hydroxylation is 3. The molecule has 0 radical (unpaired) electrons. The molecule has 156 valence electrons. The predicted molar refractivity (Wildman–Crippen MR) is 125 cm³/mol. The fraction of sp³-hybridized carbons (Fsp3) is 0.154. The van der Waals surface area contributed by atoms with E-state index in [2.05, 4.69) is 5.32 Å². The molecule has 3 aromatic carbocycles. The van der Waals surface area contributed by atoms with Crippen LogP contribution in [0.5, 0.6) is 5.75 Å². The molecular formula is C26H23ClN2O2. The molecular weight excluding hydrogens is 408 g/mol. The molecule has 0 atom stereocenters. The number of carbonyl (C=O) groups is 1. The van der Waals surface area contributed by atoms with Crippen molar-refractivity contribution in [2.24, 2.45) is 0 Å². The highest BCUT2D eigenvalue weighted by atomic mass is 35.5. The Bertz CT molecular complexity index is 1190. The standard InChI is InChI=1S/C26H23ClN2O2/c1-17-5-4-6-20(11-17)16-31-25-10-9-23(27)14-21(25)13-22(15-28)26(30)29-24-12-18(2)7-8-19(24)3/h4-14H,16H2,1-3H3,(H,29,30)/b22-13+. The number of rotatable bonds is 6. The van der Waals surface area contributed by atoms with Crippen molar-refractivity contribution in [3.8, 4) is 11.8 Å². The molecule has 0 heterocycles. The van der Waals surface area contributed by atoms with Gasteiger partial charge in [-0.25, -0.2) is 0 Å². The van der Waals surface area contributed by atoms with E-state index in [0.29, 0.717) is 28.6 Å². The van der Waals surface area contributed by atoms with Crippen LogP contribution < -0.4 is 10.1 Å². The average molecular weight is 431 g/mol. The van der Waals surface area contributed by atoms with Gasteiger partial charge in [-0.15, -0.1) is 0 Å². The highest BCUT2D eigenvalue weighted by molar-refractivity contribution is 6.30. The Morgan fingerprint density at radius 3 is 2.58 bits per heavy atom. The highest BCUT2D eigenvalue weighted by Gasteiger charge is 2.13. The van der Waals surface area contributed by atoms with Gasteiger partial charge in [0.15, 0.2) is 0 Å². The first-order valence-electron chi connectivity index (χ1n) is 9.84. The van der Waals surface area contributed by atoms with E-state index in [1.165, 1.54) is 6.08 Å². The normalized spacial score (nSPS) is 11.0. The monoisotopic (exact) mass is 430 g/mol. The second-order valence-corrected chi connectivity index (χ2v) is 7.84. The molecule has 0 saturated carbocycles. The van der Waals surface area contributed by atoms with Crippen molar-refractivity contribution in [3.63, 3.8) is 0 Å². The summed E-state index contributed by atoms with van der Waals surface area (Å²) < 4.78 is 5.97. The first-order valence-corrected chi connectivity index (χ1v) is 10.2. The van der Waals surface area contributed by atoms with Crippen LogP contribution in [0.15, 0.2) is 66.2 Å². The average Bonchev–Trinajstić information content (AvgIpc) is 2.74. The summed E-state index contributed by atoms with van der Waals surface area (Å²) in [4.78, 5) is 12.7. The molecule has 0 aliphatic heterocycles. The summed E-state index contributed by atoms with van der Waals surface area (Å²) in [5.74, 6) is 0.0546. The van der Waals surface area contributed by atoms with E-state index < -0.39 is 5.91 Å². The Morgan fingerprint density at radius 1 is 1.06 bits per heavy atom. The van der Waals surface area contributed by atoms with Gasteiger partial charge in [0, 0.05) is 16.3 Å². The highest BCUT2D eigenvalue weighted by Crippen LogP contribution is 2.27. The molecule has 0 aliphatic rings. The van der Waals surface area contributed by atoms with Crippen LogP contribution in [0.3, 0.4) is 0 Å². The zero-order valence-corrected chi connectivity index (χ0v) is 18.5. The Hall–Kier alpha value is -3.55. The van der Waals surface area contributed by atoms with Gasteiger partial charge in [0.1, 0.15) is 24.0 Å². The summed E-state index contributed by atoms with van der Waals surface area (Å²) in [6, 6.07) is 20.9. The lowest BCUT2D eigenvalue weighted by molar-refractivity contribution is -0.112. The quantitative estimate of drug-likeness (QED) is 0.364. The molecule has 0 aromatic heterocycles. The maximum Gasteiger partial charge on any atom is 0.266 e. The van der Waals surface area contributed by atoms with Crippen molar-refractivity contribution < 1.29 is 9.53 Å². The van der Waals surface area contributed by atoms with Gasteiger partial charge in [0.2, 0.25) is 0 Å². The van der Waals surface area contributed by atoms with E-state index in [1.54, 1.807) is 18.2 Å². The van der Waals surface area contributed by atoms with Crippen molar-refractivity contribution in [1.29, 1.82) is 5.26 Å². The van der Waals surface area contributed by atoms with Crippen LogP contribution in [-0.2, 0) is 11.4 Å². The zero-order valence-electron chi connectivity index (χ0n) is 17.7. The lowest BCUT2D eigenvalue weighted by Gasteiger charge is -2.12. The lowest BCUT2D eigenvalue weighted by Crippen LogP contribution is -2.14. The molecule has 5 heteroatoms. The molecule has 1 N–H and O–H groups in total. The van der Waals surface area contributed by atoms with Crippen molar-refractivity contribution in [1.82, 2.24) is 0 Å². The second kappa shape index (κ2) is 9.97. The Morgan fingerprint density at radius 2 is 1.84 bits per heavy atom. The number of nitriles is 1. The topological polar surface area (TPSA) is 62.1 Å². The molecule has 0 spiro atoms. The van der Waals surface area contributed by atoms with Crippen molar-refractivity contribution in [2.75, 3.05) is 5.32 Å². The van der Waals surface area contributed by atoms with Crippen LogP contribution in [0, 0.1) is 32.1 Å². The third-order valence-electron chi connectivity index (χ3n) is 4.75. The van der Waals surface area contributed by atoms with Crippen LogP contribution in [0.1, 0.15) is 27.8 Å². The molecule has 0 saturated heterocycles. The smallest absolute Gasteiger partial charge is 0.266 e. The van der Waals surface area contributed by atoms with E-state index in [0.717, 1.165) is 22.3 Å². The fourth-order valence-electron chi connectivity index (χ4n) is 3.09. The van der Waals surface area contributed by atoms with E-state index >= 15 is 0 Å². The number of hydrogen-bond donors (Lipinski definition) is 1. The minimum absolute atomic E-state index is 0.0384. The van der Waals surface area contributed by atoms with E-state index in [9.17, 15) is 10.1 Å². The Kier molecular flexibility index (Phi) is 7.12. The first kappa shape index (κ1) is 22.1. The number of anilines is 1. The predicted octanol–water partition coefficient (Wildman–Crippen LogP) is 6.39. The van der Waals surface area contributed by atoms with E-state index in [-0.39, 0.29) is 5.57 Å². The van der Waals surface area contributed by atoms with Crippen molar-refractivity contribution >= 4 is 29.3 Å². The molecule has 4 nitrogen and oxygen atoms in total. The fourth-order valence-corrected chi connectivity index (χ4v) is 3.27. The summed E-state index contributed by atoms with van der Waals surface area (Å²) in [5, 5.41) is 12.9. The van der Waals surface area contributed by atoms with Gasteiger partial charge in [0.25, 0.3) is 5.91 Å². The van der Waals surface area contributed by atoms with Gasteiger partial charge in [0.05, 0.1) is 0 Å². The van der Waals surface area contributed by atoms with Gasteiger partial charge in [-0.05, 0) is 67.8 Å². The van der Waals surface area contributed by atoms with E-state index in [1.807, 2.05) is 69.3 Å². The Labute approximate surface area is 187 Å². The zero-order chi connectivity index (χ0) is 22.4. The number of nitrogens with zero attached hydrogens (tertiary/aromatic N) is 1. The number of halogens is 1. The third-order valence-corrected chi connectivity index (χ3v) is 4.99. The summed E-state index contributed by atoms with van der Waals surface area (Å²) in [6.07, 6.45) is 1.50. The number of amides is 1. The number of carbonyl (C=O) groups excluding carboxylic acids is 1. The third kappa shape index (κ3) is 5.97. The van der Waals surface area contributed by atoms with Gasteiger partial charge in [-0.3, -0.25) is 4.79 Å². The summed E-state index contributed by atoms with van der Waals surface area (Å²) in [6.45, 7) is 6.23. The SMILES string of the molecule is Cc1cccc(COc2ccc(Cl)cc2/C=C(\C#N)C(=O)Nc2cc(C)ccc2C)c1. The number of nitrogens with one attached hydrogen (secondary N) is 1. The molecule has 0 unspecified atom stereocenters. The van der Waals surface area contributed by atoms with Crippen LogP contribution in [0.25, 0.3) is 6.08 Å². The van der Waals surface area contributed by atoms with Crippen molar-refractivity contribution in [2.45, 2.75) is 27.4 Å². The van der Waals surface area contributed by atoms with Crippen LogP contribution in [0.4, 0.5) is 5.69 Å². The number of benzene rings is 3. The largest absolute Gasteiger partial charge is 0.488 e. The molecule has 0 aliphatic carbocycles. The molecule has 0 fully saturated rings. The van der Waals surface area contributed by atoms with E-state index in [4.69, 9.17) is 16.3 Å². The summed E-state index contributed by atoms with van der Waals surface area (Å²) in [7, 11) is 0. The van der Waals surface area contributed by atoms with Crippen LogP contribution >= 0.6 is 11.6 Å². The first-order chi connectivity index (χ1) is 14.9. The molecule has 31 heavy (non-hydrogen) atoms. The van der Waals surface area contributed by atoms with Gasteiger partial charge in [-0.1, -0.05) is 53.6 Å². The van der Waals surface area contributed by atoms with Gasteiger partial charge in [-0.2, -0.15) is 5.26 Å². The summed E-state index contributed by atoms with van der Waals surface area (Å²) >= 11 is 6.16. The lowest BCUT2D eigenvalue weighted by atomic mass is 10.1. The summed E-state index contributed by atoms with van der Waals surface area (Å²) in [5.41, 5.74) is 5.31. The minimum Gasteiger partial charge on any atom is -0.488 e. The number of hydrogen-bond acceptors (Lipinski definition) is 3.